The van der Waals surface area contributed by atoms with E-state index in [4.69, 9.17) is 23.2 Å². The molecule has 116 valence electrons. The minimum absolute atomic E-state index is 0.00753. The topological polar surface area (TPSA) is 49.4 Å². The van der Waals surface area contributed by atoms with E-state index in [1.807, 2.05) is 13.8 Å². The number of hydrogen-bond donors (Lipinski definition) is 1. The lowest BCUT2D eigenvalue weighted by Crippen LogP contribution is -2.42. The molecule has 0 spiro atoms. The van der Waals surface area contributed by atoms with Crippen LogP contribution >= 0.6 is 23.2 Å². The number of carbonyl (C=O) groups is 2. The predicted octanol–water partition coefficient (Wildman–Crippen LogP) is 3.37. The zero-order valence-corrected chi connectivity index (χ0v) is 14.0. The molecule has 0 aromatic heterocycles. The Morgan fingerprint density at radius 1 is 1.29 bits per heavy atom. The molecule has 0 fully saturated rings. The smallest absolute Gasteiger partial charge is 0.251 e. The van der Waals surface area contributed by atoms with E-state index in [1.54, 1.807) is 17.0 Å². The Morgan fingerprint density at radius 3 is 2.48 bits per heavy atom. The van der Waals surface area contributed by atoms with Crippen LogP contribution in [0.4, 0.5) is 0 Å². The van der Waals surface area contributed by atoms with Gasteiger partial charge in [-0.15, -0.1) is 0 Å². The highest BCUT2D eigenvalue weighted by molar-refractivity contribution is 6.42. The summed E-state index contributed by atoms with van der Waals surface area (Å²) >= 11 is 11.7. The van der Waals surface area contributed by atoms with E-state index in [9.17, 15) is 9.59 Å². The van der Waals surface area contributed by atoms with Crippen LogP contribution < -0.4 is 5.32 Å². The minimum atomic E-state index is -0.235. The summed E-state index contributed by atoms with van der Waals surface area (Å²) in [6.45, 7) is 6.42. The first-order valence-corrected chi connectivity index (χ1v) is 7.62. The molecule has 0 bridgehead atoms. The molecule has 1 N–H and O–H groups in total. The van der Waals surface area contributed by atoms with Crippen LogP contribution in [0.25, 0.3) is 0 Å². The second-order valence-electron chi connectivity index (χ2n) is 4.85. The van der Waals surface area contributed by atoms with Crippen molar-refractivity contribution in [3.63, 3.8) is 0 Å². The van der Waals surface area contributed by atoms with Gasteiger partial charge < -0.3 is 10.2 Å². The van der Waals surface area contributed by atoms with Gasteiger partial charge in [-0.25, -0.2) is 0 Å². The van der Waals surface area contributed by atoms with Crippen molar-refractivity contribution in [3.05, 3.63) is 33.8 Å². The van der Waals surface area contributed by atoms with Crippen LogP contribution in [0.15, 0.2) is 18.2 Å². The lowest BCUT2D eigenvalue weighted by molar-refractivity contribution is -0.130. The molecular weight excluding hydrogens is 311 g/mol. The van der Waals surface area contributed by atoms with E-state index in [1.165, 1.54) is 13.0 Å². The van der Waals surface area contributed by atoms with Crippen molar-refractivity contribution in [2.24, 2.45) is 0 Å². The number of benzene rings is 1. The molecule has 1 aromatic rings. The summed E-state index contributed by atoms with van der Waals surface area (Å²) in [7, 11) is 0. The van der Waals surface area contributed by atoms with Gasteiger partial charge in [0.05, 0.1) is 10.0 Å². The third-order valence-corrected chi connectivity index (χ3v) is 4.09. The number of hydrogen-bond acceptors (Lipinski definition) is 2. The quantitative estimate of drug-likeness (QED) is 0.869. The zero-order valence-electron chi connectivity index (χ0n) is 12.5. The van der Waals surface area contributed by atoms with Gasteiger partial charge in [-0.3, -0.25) is 9.59 Å². The number of nitrogens with zero attached hydrogens (tertiary/aromatic N) is 1. The average molecular weight is 331 g/mol. The molecule has 4 nitrogen and oxygen atoms in total. The normalized spacial score (nSPS) is 11.9. The number of amides is 2. The Morgan fingerprint density at radius 2 is 1.95 bits per heavy atom. The van der Waals surface area contributed by atoms with Gasteiger partial charge in [-0.1, -0.05) is 30.1 Å². The van der Waals surface area contributed by atoms with E-state index in [-0.39, 0.29) is 17.9 Å². The zero-order chi connectivity index (χ0) is 16.0. The lowest BCUT2D eigenvalue weighted by Gasteiger charge is -2.27. The molecule has 1 aromatic carbocycles. The Kier molecular flexibility index (Phi) is 6.99. The molecule has 1 atom stereocenters. The number of nitrogens with one attached hydrogen (secondary N) is 1. The van der Waals surface area contributed by atoms with Crippen LogP contribution in [0.1, 0.15) is 37.6 Å². The van der Waals surface area contributed by atoms with Gasteiger partial charge >= 0.3 is 0 Å². The Labute approximate surface area is 135 Å². The standard InChI is InChI=1S/C15H20Cl2N2O2/c1-4-10(2)19(11(3)20)8-7-18-15(21)12-5-6-13(16)14(17)9-12/h5-6,9-10H,4,7-8H2,1-3H3,(H,18,21). The maximum absolute atomic E-state index is 12.0. The van der Waals surface area contributed by atoms with Crippen molar-refractivity contribution in [2.45, 2.75) is 33.2 Å². The van der Waals surface area contributed by atoms with Crippen LogP contribution in [0, 0.1) is 0 Å². The summed E-state index contributed by atoms with van der Waals surface area (Å²) in [6, 6.07) is 4.88. The van der Waals surface area contributed by atoms with Gasteiger partial charge in [0.1, 0.15) is 0 Å². The average Bonchev–Trinajstić information content (AvgIpc) is 2.45. The molecule has 2 amide bonds. The van der Waals surface area contributed by atoms with Gasteiger partial charge in [0, 0.05) is 31.6 Å². The predicted molar refractivity (Wildman–Crippen MR) is 85.9 cm³/mol. The highest BCUT2D eigenvalue weighted by atomic mass is 35.5. The molecule has 0 aliphatic heterocycles. The van der Waals surface area contributed by atoms with Crippen molar-refractivity contribution >= 4 is 35.0 Å². The number of carbonyl (C=O) groups excluding carboxylic acids is 2. The van der Waals surface area contributed by atoms with Gasteiger partial charge in [0.2, 0.25) is 5.91 Å². The van der Waals surface area contributed by atoms with Gasteiger partial charge in [-0.05, 0) is 31.5 Å². The number of halogens is 2. The Bertz CT molecular complexity index is 520. The maximum atomic E-state index is 12.0. The first-order chi connectivity index (χ1) is 9.86. The van der Waals surface area contributed by atoms with E-state index >= 15 is 0 Å². The molecule has 21 heavy (non-hydrogen) atoms. The SMILES string of the molecule is CCC(C)N(CCNC(=O)c1ccc(Cl)c(Cl)c1)C(C)=O. The van der Waals surface area contributed by atoms with Crippen molar-refractivity contribution < 1.29 is 9.59 Å². The highest BCUT2D eigenvalue weighted by Crippen LogP contribution is 2.22. The van der Waals surface area contributed by atoms with E-state index < -0.39 is 0 Å². The van der Waals surface area contributed by atoms with Crippen LogP contribution in [0.3, 0.4) is 0 Å². The summed E-state index contributed by atoms with van der Waals surface area (Å²) in [5.74, 6) is -0.227. The molecule has 1 rings (SSSR count). The maximum Gasteiger partial charge on any atom is 0.251 e. The third-order valence-electron chi connectivity index (χ3n) is 3.35. The first kappa shape index (κ1) is 17.8. The molecule has 0 heterocycles. The molecular formula is C15H20Cl2N2O2. The van der Waals surface area contributed by atoms with Crippen LogP contribution in [0.5, 0.6) is 0 Å². The lowest BCUT2D eigenvalue weighted by atomic mass is 10.2. The highest BCUT2D eigenvalue weighted by Gasteiger charge is 2.15. The molecule has 0 aliphatic rings. The third kappa shape index (κ3) is 5.21. The fraction of sp³-hybridized carbons (Fsp3) is 0.467. The van der Waals surface area contributed by atoms with Gasteiger partial charge in [0.15, 0.2) is 0 Å². The van der Waals surface area contributed by atoms with Crippen molar-refractivity contribution in [2.75, 3.05) is 13.1 Å². The molecule has 6 heteroatoms. The van der Waals surface area contributed by atoms with Gasteiger partial charge in [0.25, 0.3) is 5.91 Å². The first-order valence-electron chi connectivity index (χ1n) is 6.87. The summed E-state index contributed by atoms with van der Waals surface area (Å²) in [5.41, 5.74) is 0.447. The monoisotopic (exact) mass is 330 g/mol. The second-order valence-corrected chi connectivity index (χ2v) is 5.67. The Hall–Kier alpha value is -1.26. The summed E-state index contributed by atoms with van der Waals surface area (Å²) in [4.78, 5) is 25.3. The van der Waals surface area contributed by atoms with E-state index in [2.05, 4.69) is 5.32 Å². The fourth-order valence-corrected chi connectivity index (χ4v) is 2.24. The van der Waals surface area contributed by atoms with Gasteiger partial charge in [-0.2, -0.15) is 0 Å². The van der Waals surface area contributed by atoms with Crippen molar-refractivity contribution in [1.82, 2.24) is 10.2 Å². The molecule has 0 saturated carbocycles. The Balaban J connectivity index is 2.56. The minimum Gasteiger partial charge on any atom is -0.350 e. The molecule has 1 unspecified atom stereocenters. The number of rotatable bonds is 6. The molecule has 0 saturated heterocycles. The largest absolute Gasteiger partial charge is 0.350 e. The van der Waals surface area contributed by atoms with Crippen LogP contribution in [-0.2, 0) is 4.79 Å². The fourth-order valence-electron chi connectivity index (χ4n) is 1.94. The second kappa shape index (κ2) is 8.25. The van der Waals surface area contributed by atoms with Crippen molar-refractivity contribution in [1.29, 1.82) is 0 Å². The van der Waals surface area contributed by atoms with E-state index in [0.717, 1.165) is 6.42 Å². The summed E-state index contributed by atoms with van der Waals surface area (Å²) in [5, 5.41) is 3.53. The van der Waals surface area contributed by atoms with Crippen molar-refractivity contribution in [3.8, 4) is 0 Å². The molecule has 0 aliphatic carbocycles. The molecule has 0 radical (unpaired) electrons. The van der Waals surface area contributed by atoms with Crippen LogP contribution in [0.2, 0.25) is 10.0 Å². The van der Waals surface area contributed by atoms with Crippen LogP contribution in [-0.4, -0.2) is 35.8 Å². The van der Waals surface area contributed by atoms with E-state index in [0.29, 0.717) is 28.7 Å². The summed E-state index contributed by atoms with van der Waals surface area (Å²) in [6.07, 6.45) is 0.875. The summed E-state index contributed by atoms with van der Waals surface area (Å²) < 4.78 is 0.